The highest BCUT2D eigenvalue weighted by Gasteiger charge is 2.15. The quantitative estimate of drug-likeness (QED) is 0.711. The van der Waals surface area contributed by atoms with Crippen LogP contribution in [-0.2, 0) is 0 Å². The number of ether oxygens (including phenoxy) is 2. The van der Waals surface area contributed by atoms with Crippen LogP contribution in [-0.4, -0.2) is 11.8 Å². The number of hydrogen-bond donors (Lipinski definition) is 0. The fourth-order valence-corrected chi connectivity index (χ4v) is 2.77. The van der Waals surface area contributed by atoms with Gasteiger partial charge in [-0.05, 0) is 30.3 Å². The van der Waals surface area contributed by atoms with Crippen molar-refractivity contribution in [2.24, 2.45) is 0 Å². The molecule has 5 heteroatoms. The van der Waals surface area contributed by atoms with Crippen molar-refractivity contribution in [1.82, 2.24) is 4.98 Å². The lowest BCUT2D eigenvalue weighted by Crippen LogP contribution is -1.92. The van der Waals surface area contributed by atoms with Crippen molar-refractivity contribution in [2.75, 3.05) is 6.79 Å². The van der Waals surface area contributed by atoms with Gasteiger partial charge in [0.05, 0.1) is 12.0 Å². The molecule has 0 N–H and O–H groups in total. The van der Waals surface area contributed by atoms with Crippen molar-refractivity contribution in [2.45, 2.75) is 0 Å². The van der Waals surface area contributed by atoms with E-state index in [-0.39, 0.29) is 6.79 Å². The van der Waals surface area contributed by atoms with Gasteiger partial charge >= 0.3 is 0 Å². The summed E-state index contributed by atoms with van der Waals surface area (Å²) < 4.78 is 16.0. The second kappa shape index (κ2) is 4.13. The molecular formula is C14H9NO3S. The first kappa shape index (κ1) is 10.6. The van der Waals surface area contributed by atoms with E-state index < -0.39 is 0 Å². The van der Waals surface area contributed by atoms with E-state index in [9.17, 15) is 0 Å². The Morgan fingerprint density at radius 2 is 2.05 bits per heavy atom. The molecule has 19 heavy (non-hydrogen) atoms. The summed E-state index contributed by atoms with van der Waals surface area (Å²) in [4.78, 5) is 4.58. The Bertz CT molecular complexity index is 718. The highest BCUT2D eigenvalue weighted by atomic mass is 32.1. The maximum Gasteiger partial charge on any atom is 0.231 e. The van der Waals surface area contributed by atoms with Gasteiger partial charge in [0.1, 0.15) is 0 Å². The number of nitrogens with zero attached hydrogens (tertiary/aromatic N) is 1. The molecule has 94 valence electrons. The molecule has 0 radical (unpaired) electrons. The summed E-state index contributed by atoms with van der Waals surface area (Å²) in [5, 5.41) is 2.88. The molecule has 0 bridgehead atoms. The summed E-state index contributed by atoms with van der Waals surface area (Å²) in [6, 6.07) is 9.60. The Morgan fingerprint density at radius 3 is 2.95 bits per heavy atom. The summed E-state index contributed by atoms with van der Waals surface area (Å²) in [7, 11) is 0. The maximum absolute atomic E-state index is 5.37. The Morgan fingerprint density at radius 1 is 1.11 bits per heavy atom. The smallest absolute Gasteiger partial charge is 0.231 e. The van der Waals surface area contributed by atoms with Crippen LogP contribution in [0.1, 0.15) is 0 Å². The van der Waals surface area contributed by atoms with E-state index in [1.807, 2.05) is 35.7 Å². The van der Waals surface area contributed by atoms with Crippen LogP contribution >= 0.6 is 11.3 Å². The second-order valence-corrected chi connectivity index (χ2v) is 4.94. The van der Waals surface area contributed by atoms with Gasteiger partial charge in [0.2, 0.25) is 6.79 Å². The lowest BCUT2D eigenvalue weighted by molar-refractivity contribution is 0.174. The fraction of sp³-hybridized carbons (Fsp3) is 0.0714. The van der Waals surface area contributed by atoms with Crippen LogP contribution in [0.4, 0.5) is 0 Å². The van der Waals surface area contributed by atoms with E-state index in [2.05, 4.69) is 4.98 Å². The van der Waals surface area contributed by atoms with Gasteiger partial charge in [-0.3, -0.25) is 0 Å². The zero-order valence-electron chi connectivity index (χ0n) is 9.83. The largest absolute Gasteiger partial charge is 0.462 e. The van der Waals surface area contributed by atoms with Crippen molar-refractivity contribution in [3.8, 4) is 33.5 Å². The van der Waals surface area contributed by atoms with Gasteiger partial charge in [-0.15, -0.1) is 11.3 Å². The molecule has 1 aliphatic heterocycles. The molecule has 3 heterocycles. The van der Waals surface area contributed by atoms with Crippen molar-refractivity contribution in [3.63, 3.8) is 0 Å². The monoisotopic (exact) mass is 271 g/mol. The molecule has 0 saturated heterocycles. The molecule has 4 nitrogen and oxygen atoms in total. The summed E-state index contributed by atoms with van der Waals surface area (Å²) in [5.41, 5.74) is 1.92. The highest BCUT2D eigenvalue weighted by Crippen LogP contribution is 2.37. The predicted octanol–water partition coefficient (Wildman–Crippen LogP) is 3.80. The number of hydrogen-bond acceptors (Lipinski definition) is 5. The SMILES string of the molecule is c1coc(-c2nc(-c3ccc4c(c3)OCO4)cs2)c1. The van der Waals surface area contributed by atoms with Crippen molar-refractivity contribution in [1.29, 1.82) is 0 Å². The van der Waals surface area contributed by atoms with Crippen LogP contribution in [0.3, 0.4) is 0 Å². The second-order valence-electron chi connectivity index (χ2n) is 4.08. The molecule has 0 fully saturated rings. The van der Waals surface area contributed by atoms with E-state index in [0.29, 0.717) is 0 Å². The van der Waals surface area contributed by atoms with Crippen LogP contribution in [0.2, 0.25) is 0 Å². The van der Waals surface area contributed by atoms with Crippen LogP contribution in [0, 0.1) is 0 Å². The highest BCUT2D eigenvalue weighted by molar-refractivity contribution is 7.13. The minimum atomic E-state index is 0.285. The lowest BCUT2D eigenvalue weighted by Gasteiger charge is -1.99. The van der Waals surface area contributed by atoms with E-state index in [1.165, 1.54) is 0 Å². The van der Waals surface area contributed by atoms with Crippen LogP contribution in [0.15, 0.2) is 46.4 Å². The van der Waals surface area contributed by atoms with Crippen molar-refractivity contribution >= 4 is 11.3 Å². The number of aromatic nitrogens is 1. The summed E-state index contributed by atoms with van der Waals surface area (Å²) in [5.74, 6) is 2.34. The Labute approximate surface area is 113 Å². The third-order valence-electron chi connectivity index (χ3n) is 2.90. The number of furan rings is 1. The van der Waals surface area contributed by atoms with Gasteiger partial charge in [-0.1, -0.05) is 0 Å². The summed E-state index contributed by atoms with van der Waals surface area (Å²) >= 11 is 1.56. The standard InChI is InChI=1S/C14H9NO3S/c1-2-12(16-5-1)14-15-10(7-19-14)9-3-4-11-13(6-9)18-8-17-11/h1-7H,8H2. The Kier molecular flexibility index (Phi) is 2.31. The maximum atomic E-state index is 5.37. The molecule has 0 aliphatic carbocycles. The number of rotatable bonds is 2. The first-order chi connectivity index (χ1) is 9.40. The molecule has 3 aromatic rings. The third-order valence-corrected chi connectivity index (χ3v) is 3.76. The third kappa shape index (κ3) is 1.79. The zero-order valence-corrected chi connectivity index (χ0v) is 10.6. The topological polar surface area (TPSA) is 44.5 Å². The zero-order chi connectivity index (χ0) is 12.7. The van der Waals surface area contributed by atoms with E-state index in [1.54, 1.807) is 17.6 Å². The normalized spacial score (nSPS) is 12.8. The lowest BCUT2D eigenvalue weighted by atomic mass is 10.1. The number of benzene rings is 1. The van der Waals surface area contributed by atoms with E-state index in [0.717, 1.165) is 33.5 Å². The van der Waals surface area contributed by atoms with Crippen LogP contribution in [0.5, 0.6) is 11.5 Å². The molecule has 0 atom stereocenters. The van der Waals surface area contributed by atoms with Gasteiger partial charge in [-0.2, -0.15) is 0 Å². The van der Waals surface area contributed by atoms with Gasteiger partial charge in [-0.25, -0.2) is 4.98 Å². The number of thiazole rings is 1. The molecule has 0 amide bonds. The first-order valence-electron chi connectivity index (χ1n) is 5.79. The molecular weight excluding hydrogens is 262 g/mol. The minimum Gasteiger partial charge on any atom is -0.462 e. The first-order valence-corrected chi connectivity index (χ1v) is 6.67. The van der Waals surface area contributed by atoms with Crippen molar-refractivity contribution in [3.05, 3.63) is 42.0 Å². The van der Waals surface area contributed by atoms with Crippen LogP contribution in [0.25, 0.3) is 22.0 Å². The number of fused-ring (bicyclic) bond motifs is 1. The van der Waals surface area contributed by atoms with Gasteiger partial charge in [0.15, 0.2) is 22.3 Å². The van der Waals surface area contributed by atoms with Crippen molar-refractivity contribution < 1.29 is 13.9 Å². The van der Waals surface area contributed by atoms with Gasteiger partial charge in [0, 0.05) is 10.9 Å². The van der Waals surface area contributed by atoms with E-state index in [4.69, 9.17) is 13.9 Å². The average molecular weight is 271 g/mol. The fourth-order valence-electron chi connectivity index (χ4n) is 1.98. The molecule has 0 unspecified atom stereocenters. The van der Waals surface area contributed by atoms with Crippen LogP contribution < -0.4 is 9.47 Å². The minimum absolute atomic E-state index is 0.285. The summed E-state index contributed by atoms with van der Waals surface area (Å²) in [6.07, 6.45) is 1.65. The Hall–Kier alpha value is -2.27. The Balaban J connectivity index is 1.73. The molecule has 0 spiro atoms. The van der Waals surface area contributed by atoms with Gasteiger partial charge in [0.25, 0.3) is 0 Å². The average Bonchev–Trinajstić information content (AvgIpc) is 3.18. The molecule has 4 rings (SSSR count). The molecule has 0 saturated carbocycles. The molecule has 1 aliphatic rings. The molecule has 1 aromatic carbocycles. The predicted molar refractivity (Wildman–Crippen MR) is 71.4 cm³/mol. The van der Waals surface area contributed by atoms with Gasteiger partial charge < -0.3 is 13.9 Å². The van der Waals surface area contributed by atoms with E-state index >= 15 is 0 Å². The summed E-state index contributed by atoms with van der Waals surface area (Å²) in [6.45, 7) is 0.285. The molecule has 2 aromatic heterocycles.